The molecule has 3 heteroatoms. The molecule has 0 radical (unpaired) electrons. The van der Waals surface area contributed by atoms with Gasteiger partial charge in [0.15, 0.2) is 0 Å². The van der Waals surface area contributed by atoms with Gasteiger partial charge in [0.1, 0.15) is 0 Å². The second kappa shape index (κ2) is 6.66. The van der Waals surface area contributed by atoms with Gasteiger partial charge in [0.25, 0.3) is 0 Å². The predicted molar refractivity (Wildman–Crippen MR) is 55.6 cm³/mol. The van der Waals surface area contributed by atoms with E-state index in [-0.39, 0.29) is 11.9 Å². The van der Waals surface area contributed by atoms with E-state index >= 15 is 0 Å². The van der Waals surface area contributed by atoms with Crippen LogP contribution in [-0.2, 0) is 4.79 Å². The molecule has 0 fully saturated rings. The van der Waals surface area contributed by atoms with E-state index in [1.807, 2.05) is 18.0 Å². The van der Waals surface area contributed by atoms with E-state index in [1.54, 1.807) is 6.92 Å². The normalized spacial score (nSPS) is 12.2. The first-order valence-corrected chi connectivity index (χ1v) is 4.71. The minimum atomic E-state index is 0.113. The Morgan fingerprint density at radius 1 is 1.69 bits per heavy atom. The predicted octanol–water partition coefficient (Wildman–Crippen LogP) is 1.02. The number of hydrogen-bond donors (Lipinski definition) is 1. The van der Waals surface area contributed by atoms with Crippen molar-refractivity contribution >= 4 is 5.91 Å². The third-order valence-corrected chi connectivity index (χ3v) is 2.10. The van der Waals surface area contributed by atoms with Crippen molar-refractivity contribution in [2.45, 2.75) is 26.3 Å². The largest absolute Gasteiger partial charge is 0.335 e. The average Bonchev–Trinajstić information content (AvgIpc) is 2.11. The van der Waals surface area contributed by atoms with Crippen LogP contribution in [0, 0.1) is 0 Å². The van der Waals surface area contributed by atoms with Gasteiger partial charge in [-0.05, 0) is 13.5 Å². The first-order chi connectivity index (χ1) is 6.17. The van der Waals surface area contributed by atoms with Crippen LogP contribution >= 0.6 is 0 Å². The summed E-state index contributed by atoms with van der Waals surface area (Å²) in [5, 5.41) is 3.03. The number of carbonyl (C=O) groups is 1. The maximum absolute atomic E-state index is 11.3. The lowest BCUT2D eigenvalue weighted by Crippen LogP contribution is -2.41. The van der Waals surface area contributed by atoms with Crippen molar-refractivity contribution in [1.29, 1.82) is 0 Å². The Labute approximate surface area is 80.8 Å². The van der Waals surface area contributed by atoms with Crippen molar-refractivity contribution in [3.63, 3.8) is 0 Å². The van der Waals surface area contributed by atoms with Gasteiger partial charge < -0.3 is 10.2 Å². The van der Waals surface area contributed by atoms with Gasteiger partial charge in [0.2, 0.25) is 5.91 Å². The van der Waals surface area contributed by atoms with Crippen LogP contribution in [0.4, 0.5) is 0 Å². The topological polar surface area (TPSA) is 32.3 Å². The summed E-state index contributed by atoms with van der Waals surface area (Å²) in [5.74, 6) is 0.113. The molecule has 0 aliphatic carbocycles. The van der Waals surface area contributed by atoms with Crippen molar-refractivity contribution < 1.29 is 4.79 Å². The lowest BCUT2D eigenvalue weighted by Gasteiger charge is -2.27. The highest BCUT2D eigenvalue weighted by molar-refractivity contribution is 5.73. The van der Waals surface area contributed by atoms with Crippen LogP contribution in [0.25, 0.3) is 0 Å². The van der Waals surface area contributed by atoms with E-state index in [4.69, 9.17) is 0 Å². The van der Waals surface area contributed by atoms with Gasteiger partial charge in [-0.2, -0.15) is 0 Å². The second-order valence-electron chi connectivity index (χ2n) is 3.03. The Kier molecular flexibility index (Phi) is 6.24. The summed E-state index contributed by atoms with van der Waals surface area (Å²) < 4.78 is 0. The average molecular weight is 184 g/mol. The summed E-state index contributed by atoms with van der Waals surface area (Å²) in [5.41, 5.74) is 0. The first-order valence-electron chi connectivity index (χ1n) is 4.71. The van der Waals surface area contributed by atoms with E-state index < -0.39 is 0 Å². The maximum atomic E-state index is 11.3. The van der Waals surface area contributed by atoms with E-state index in [1.165, 1.54) is 0 Å². The number of rotatable bonds is 6. The number of carbonyl (C=O) groups excluding carboxylic acids is 1. The zero-order valence-electron chi connectivity index (χ0n) is 8.84. The molecular weight excluding hydrogens is 164 g/mol. The number of amides is 1. The number of likely N-dealkylation sites (N-methyl/N-ethyl adjacent to an activating group) is 1. The van der Waals surface area contributed by atoms with Crippen LogP contribution in [0.2, 0.25) is 0 Å². The molecule has 13 heavy (non-hydrogen) atoms. The Morgan fingerprint density at radius 3 is 2.62 bits per heavy atom. The van der Waals surface area contributed by atoms with Crippen LogP contribution in [-0.4, -0.2) is 37.0 Å². The zero-order valence-corrected chi connectivity index (χ0v) is 8.84. The molecule has 1 unspecified atom stereocenters. The van der Waals surface area contributed by atoms with Gasteiger partial charge in [-0.1, -0.05) is 13.0 Å². The van der Waals surface area contributed by atoms with Gasteiger partial charge in [-0.25, -0.2) is 0 Å². The maximum Gasteiger partial charge on any atom is 0.219 e. The summed E-state index contributed by atoms with van der Waals surface area (Å²) >= 11 is 0. The highest BCUT2D eigenvalue weighted by Crippen LogP contribution is 2.04. The van der Waals surface area contributed by atoms with Gasteiger partial charge in [-0.3, -0.25) is 4.79 Å². The van der Waals surface area contributed by atoms with Crippen LogP contribution in [0.5, 0.6) is 0 Å². The smallest absolute Gasteiger partial charge is 0.219 e. The van der Waals surface area contributed by atoms with E-state index in [0.29, 0.717) is 0 Å². The third-order valence-electron chi connectivity index (χ3n) is 2.10. The van der Waals surface area contributed by atoms with Gasteiger partial charge >= 0.3 is 0 Å². The van der Waals surface area contributed by atoms with Crippen molar-refractivity contribution in [3.8, 4) is 0 Å². The SMILES string of the molecule is C=CC(CC)N(CCNC)C(C)=O. The van der Waals surface area contributed by atoms with Crippen LogP contribution in [0.1, 0.15) is 20.3 Å². The Hall–Kier alpha value is -0.830. The van der Waals surface area contributed by atoms with Crippen LogP contribution in [0.3, 0.4) is 0 Å². The summed E-state index contributed by atoms with van der Waals surface area (Å²) in [6, 6.07) is 0.172. The Morgan fingerprint density at radius 2 is 2.31 bits per heavy atom. The minimum Gasteiger partial charge on any atom is -0.335 e. The van der Waals surface area contributed by atoms with Crippen molar-refractivity contribution in [2.24, 2.45) is 0 Å². The molecule has 76 valence electrons. The lowest BCUT2D eigenvalue weighted by molar-refractivity contribution is -0.130. The molecule has 0 heterocycles. The monoisotopic (exact) mass is 184 g/mol. The van der Waals surface area contributed by atoms with Gasteiger partial charge in [0, 0.05) is 26.1 Å². The molecule has 3 nitrogen and oxygen atoms in total. The number of hydrogen-bond acceptors (Lipinski definition) is 2. The molecule has 1 atom stereocenters. The summed E-state index contributed by atoms with van der Waals surface area (Å²) in [6.45, 7) is 8.95. The fourth-order valence-corrected chi connectivity index (χ4v) is 1.30. The highest BCUT2D eigenvalue weighted by atomic mass is 16.2. The molecule has 1 amide bonds. The Balaban J connectivity index is 4.20. The fourth-order valence-electron chi connectivity index (χ4n) is 1.30. The number of nitrogens with zero attached hydrogens (tertiary/aromatic N) is 1. The molecule has 0 aromatic rings. The second-order valence-corrected chi connectivity index (χ2v) is 3.03. The van der Waals surface area contributed by atoms with Crippen molar-refractivity contribution in [2.75, 3.05) is 20.1 Å². The Bertz CT molecular complexity index is 168. The molecule has 1 N–H and O–H groups in total. The third kappa shape index (κ3) is 4.08. The summed E-state index contributed by atoms with van der Waals surface area (Å²) in [4.78, 5) is 13.1. The first kappa shape index (κ1) is 12.2. The van der Waals surface area contributed by atoms with Crippen LogP contribution < -0.4 is 5.32 Å². The van der Waals surface area contributed by atoms with Crippen LogP contribution in [0.15, 0.2) is 12.7 Å². The summed E-state index contributed by atoms with van der Waals surface area (Å²) in [6.07, 6.45) is 2.75. The molecule has 0 spiro atoms. The molecule has 0 rings (SSSR count). The molecular formula is C10H20N2O. The highest BCUT2D eigenvalue weighted by Gasteiger charge is 2.15. The fraction of sp³-hybridized carbons (Fsp3) is 0.700. The molecule has 0 bridgehead atoms. The van der Waals surface area contributed by atoms with Gasteiger partial charge in [0.05, 0.1) is 0 Å². The van der Waals surface area contributed by atoms with Crippen molar-refractivity contribution in [3.05, 3.63) is 12.7 Å². The molecule has 0 aliphatic heterocycles. The zero-order chi connectivity index (χ0) is 10.3. The number of nitrogens with one attached hydrogen (secondary N) is 1. The van der Waals surface area contributed by atoms with Crippen molar-refractivity contribution in [1.82, 2.24) is 10.2 Å². The standard InChI is InChI=1S/C10H20N2O/c1-5-10(6-2)12(9(3)13)8-7-11-4/h5,10-11H,1,6-8H2,2-4H3. The molecule has 0 saturated carbocycles. The molecule has 0 saturated heterocycles. The molecule has 0 aromatic carbocycles. The van der Waals surface area contributed by atoms with E-state index in [0.717, 1.165) is 19.5 Å². The quantitative estimate of drug-likeness (QED) is 0.625. The molecule has 0 aromatic heterocycles. The summed E-state index contributed by atoms with van der Waals surface area (Å²) in [7, 11) is 1.88. The minimum absolute atomic E-state index is 0.113. The van der Waals surface area contributed by atoms with E-state index in [9.17, 15) is 4.79 Å². The lowest BCUT2D eigenvalue weighted by atomic mass is 10.2. The molecule has 0 aliphatic rings. The van der Waals surface area contributed by atoms with E-state index in [2.05, 4.69) is 18.8 Å². The van der Waals surface area contributed by atoms with Gasteiger partial charge in [-0.15, -0.1) is 6.58 Å².